The summed E-state index contributed by atoms with van der Waals surface area (Å²) in [5.74, 6) is 0.852. The second-order valence-electron chi connectivity index (χ2n) is 5.60. The number of ether oxygens (including phenoxy) is 1. The van der Waals surface area contributed by atoms with Crippen molar-refractivity contribution in [2.45, 2.75) is 19.3 Å². The summed E-state index contributed by atoms with van der Waals surface area (Å²) in [5.41, 5.74) is 3.37. The van der Waals surface area contributed by atoms with Crippen molar-refractivity contribution < 1.29 is 4.74 Å². The number of rotatable bonds is 4. The van der Waals surface area contributed by atoms with Gasteiger partial charge in [-0.25, -0.2) is 0 Å². The van der Waals surface area contributed by atoms with Gasteiger partial charge in [0.25, 0.3) is 0 Å². The minimum atomic E-state index is 0.852. The minimum Gasteiger partial charge on any atom is -0.497 e. The average molecular weight is 294 g/mol. The predicted octanol–water partition coefficient (Wildman–Crippen LogP) is 4.44. The van der Waals surface area contributed by atoms with Gasteiger partial charge in [0.05, 0.1) is 12.8 Å². The fraction of sp³-hybridized carbons (Fsp3) is 0.316. The molecular formula is C19H22N2O. The van der Waals surface area contributed by atoms with Gasteiger partial charge in [0.2, 0.25) is 0 Å². The maximum absolute atomic E-state index is 5.15. The third-order valence-corrected chi connectivity index (χ3v) is 4.05. The van der Waals surface area contributed by atoms with E-state index in [-0.39, 0.29) is 0 Å². The van der Waals surface area contributed by atoms with Crippen LogP contribution in [0.5, 0.6) is 5.75 Å². The van der Waals surface area contributed by atoms with E-state index in [0.29, 0.717) is 0 Å². The van der Waals surface area contributed by atoms with E-state index in [0.717, 1.165) is 17.0 Å². The summed E-state index contributed by atoms with van der Waals surface area (Å²) in [7, 11) is 1.67. The molecule has 0 atom stereocenters. The lowest BCUT2D eigenvalue weighted by Gasteiger charge is -2.28. The van der Waals surface area contributed by atoms with E-state index in [4.69, 9.17) is 4.74 Å². The molecule has 0 amide bonds. The van der Waals surface area contributed by atoms with Crippen LogP contribution in [0.1, 0.15) is 24.8 Å². The van der Waals surface area contributed by atoms with Crippen molar-refractivity contribution in [2.75, 3.05) is 25.1 Å². The molecule has 2 aromatic rings. The third kappa shape index (κ3) is 3.67. The van der Waals surface area contributed by atoms with Gasteiger partial charge in [-0.3, -0.25) is 4.99 Å². The van der Waals surface area contributed by atoms with Crippen molar-refractivity contribution in [1.82, 2.24) is 0 Å². The zero-order valence-corrected chi connectivity index (χ0v) is 13.0. The van der Waals surface area contributed by atoms with Gasteiger partial charge in [-0.2, -0.15) is 0 Å². The molecule has 3 nitrogen and oxygen atoms in total. The van der Waals surface area contributed by atoms with Gasteiger partial charge >= 0.3 is 0 Å². The van der Waals surface area contributed by atoms with Gasteiger partial charge in [0.15, 0.2) is 0 Å². The number of piperidine rings is 1. The number of methoxy groups -OCH3 is 1. The van der Waals surface area contributed by atoms with Crippen LogP contribution in [0.3, 0.4) is 0 Å². The number of nitrogens with zero attached hydrogens (tertiary/aromatic N) is 2. The summed E-state index contributed by atoms with van der Waals surface area (Å²) in [6.45, 7) is 2.36. The molecule has 0 unspecified atom stereocenters. The number of aliphatic imine (C=N–C) groups is 1. The van der Waals surface area contributed by atoms with E-state index < -0.39 is 0 Å². The topological polar surface area (TPSA) is 24.8 Å². The van der Waals surface area contributed by atoms with Crippen LogP contribution in [0.2, 0.25) is 0 Å². The lowest BCUT2D eigenvalue weighted by atomic mass is 10.1. The second-order valence-corrected chi connectivity index (χ2v) is 5.60. The predicted molar refractivity (Wildman–Crippen MR) is 92.8 cm³/mol. The zero-order valence-electron chi connectivity index (χ0n) is 13.0. The van der Waals surface area contributed by atoms with Crippen molar-refractivity contribution in [3.05, 3.63) is 54.1 Å². The van der Waals surface area contributed by atoms with Crippen LogP contribution in [0.4, 0.5) is 11.4 Å². The average Bonchev–Trinajstić information content (AvgIpc) is 2.61. The van der Waals surface area contributed by atoms with E-state index in [1.165, 1.54) is 38.0 Å². The highest BCUT2D eigenvalue weighted by Crippen LogP contribution is 2.21. The molecule has 1 heterocycles. The van der Waals surface area contributed by atoms with E-state index in [1.807, 2.05) is 30.5 Å². The van der Waals surface area contributed by atoms with Crippen LogP contribution in [0, 0.1) is 0 Å². The highest BCUT2D eigenvalue weighted by molar-refractivity contribution is 5.82. The Morgan fingerprint density at radius 1 is 0.909 bits per heavy atom. The van der Waals surface area contributed by atoms with Gasteiger partial charge in [-0.15, -0.1) is 0 Å². The minimum absolute atomic E-state index is 0.852. The molecule has 0 N–H and O–H groups in total. The molecule has 0 radical (unpaired) electrons. The Labute approximate surface area is 132 Å². The standard InChI is InChI=1S/C19H22N2O/c1-22-19-11-7-17(8-12-19)20-15-16-5-9-18(10-6-16)21-13-3-2-4-14-21/h5-12,15H,2-4,13-14H2,1H3. The molecule has 3 heteroatoms. The Hall–Kier alpha value is -2.29. The number of benzene rings is 2. The molecule has 2 aromatic carbocycles. The maximum atomic E-state index is 5.15. The van der Waals surface area contributed by atoms with Crippen LogP contribution in [0.15, 0.2) is 53.5 Å². The van der Waals surface area contributed by atoms with Gasteiger partial charge in [0.1, 0.15) is 5.75 Å². The van der Waals surface area contributed by atoms with Crippen LogP contribution >= 0.6 is 0 Å². The van der Waals surface area contributed by atoms with Gasteiger partial charge in [0, 0.05) is 25.0 Å². The van der Waals surface area contributed by atoms with Gasteiger partial charge in [-0.05, 0) is 61.2 Å². The summed E-state index contributed by atoms with van der Waals surface area (Å²) >= 11 is 0. The Morgan fingerprint density at radius 3 is 2.23 bits per heavy atom. The third-order valence-electron chi connectivity index (χ3n) is 4.05. The molecule has 0 aliphatic carbocycles. The van der Waals surface area contributed by atoms with Crippen molar-refractivity contribution in [2.24, 2.45) is 4.99 Å². The lowest BCUT2D eigenvalue weighted by Crippen LogP contribution is -2.29. The Balaban J connectivity index is 1.65. The van der Waals surface area contributed by atoms with E-state index in [9.17, 15) is 0 Å². The molecule has 0 bridgehead atoms. The molecule has 114 valence electrons. The van der Waals surface area contributed by atoms with E-state index >= 15 is 0 Å². The molecule has 0 aromatic heterocycles. The molecular weight excluding hydrogens is 272 g/mol. The van der Waals surface area contributed by atoms with Crippen LogP contribution < -0.4 is 9.64 Å². The second kappa shape index (κ2) is 7.12. The molecule has 3 rings (SSSR count). The summed E-state index contributed by atoms with van der Waals surface area (Å²) in [6, 6.07) is 16.4. The summed E-state index contributed by atoms with van der Waals surface area (Å²) in [4.78, 5) is 6.97. The molecule has 1 aliphatic rings. The smallest absolute Gasteiger partial charge is 0.119 e. The monoisotopic (exact) mass is 294 g/mol. The lowest BCUT2D eigenvalue weighted by molar-refractivity contribution is 0.415. The summed E-state index contributed by atoms with van der Waals surface area (Å²) in [6.07, 6.45) is 5.88. The van der Waals surface area contributed by atoms with Crippen molar-refractivity contribution >= 4 is 17.6 Å². The summed E-state index contributed by atoms with van der Waals surface area (Å²) < 4.78 is 5.15. The first-order valence-corrected chi connectivity index (χ1v) is 7.88. The van der Waals surface area contributed by atoms with Gasteiger partial charge in [-0.1, -0.05) is 12.1 Å². The fourth-order valence-corrected chi connectivity index (χ4v) is 2.74. The highest BCUT2D eigenvalue weighted by Gasteiger charge is 2.10. The Kier molecular flexibility index (Phi) is 4.74. The zero-order chi connectivity index (χ0) is 15.2. The molecule has 1 fully saturated rings. The van der Waals surface area contributed by atoms with E-state index in [2.05, 4.69) is 34.2 Å². The van der Waals surface area contributed by atoms with Crippen LogP contribution in [-0.2, 0) is 0 Å². The molecule has 1 aliphatic heterocycles. The van der Waals surface area contributed by atoms with Crippen molar-refractivity contribution in [3.63, 3.8) is 0 Å². The van der Waals surface area contributed by atoms with Crippen LogP contribution in [-0.4, -0.2) is 26.4 Å². The quantitative estimate of drug-likeness (QED) is 0.779. The first-order chi connectivity index (χ1) is 10.8. The molecule has 22 heavy (non-hydrogen) atoms. The number of hydrogen-bond acceptors (Lipinski definition) is 3. The number of anilines is 1. The van der Waals surface area contributed by atoms with E-state index in [1.54, 1.807) is 7.11 Å². The summed E-state index contributed by atoms with van der Waals surface area (Å²) in [5, 5.41) is 0. The Bertz CT molecular complexity index is 611. The highest BCUT2D eigenvalue weighted by atomic mass is 16.5. The molecule has 0 spiro atoms. The molecule has 0 saturated carbocycles. The first-order valence-electron chi connectivity index (χ1n) is 7.88. The molecule has 1 saturated heterocycles. The number of hydrogen-bond donors (Lipinski definition) is 0. The van der Waals surface area contributed by atoms with Crippen molar-refractivity contribution in [3.8, 4) is 5.75 Å². The first kappa shape index (κ1) is 14.6. The van der Waals surface area contributed by atoms with Crippen LogP contribution in [0.25, 0.3) is 0 Å². The Morgan fingerprint density at radius 2 is 1.59 bits per heavy atom. The normalized spacial score (nSPS) is 15.2. The van der Waals surface area contributed by atoms with Gasteiger partial charge < -0.3 is 9.64 Å². The maximum Gasteiger partial charge on any atom is 0.119 e. The van der Waals surface area contributed by atoms with Crippen molar-refractivity contribution in [1.29, 1.82) is 0 Å². The fourth-order valence-electron chi connectivity index (χ4n) is 2.74. The SMILES string of the molecule is COc1ccc(N=Cc2ccc(N3CCCCC3)cc2)cc1. The largest absolute Gasteiger partial charge is 0.497 e.